The van der Waals surface area contributed by atoms with E-state index in [2.05, 4.69) is 24.5 Å². The minimum Gasteiger partial charge on any atom is -0.389 e. The van der Waals surface area contributed by atoms with Gasteiger partial charge in [0, 0.05) is 10.9 Å². The molecule has 0 fully saturated rings. The van der Waals surface area contributed by atoms with E-state index >= 15 is 0 Å². The van der Waals surface area contributed by atoms with Crippen LogP contribution in [0.25, 0.3) is 11.0 Å². The lowest BCUT2D eigenvalue weighted by Crippen LogP contribution is -2.23. The van der Waals surface area contributed by atoms with Crippen LogP contribution in [0.4, 0.5) is 0 Å². The Morgan fingerprint density at radius 2 is 1.88 bits per heavy atom. The van der Waals surface area contributed by atoms with Crippen molar-refractivity contribution in [2.45, 2.75) is 45.4 Å². The van der Waals surface area contributed by atoms with Crippen LogP contribution in [-0.4, -0.2) is 27.4 Å². The first kappa shape index (κ1) is 18.9. The molecule has 3 aromatic rings. The molecular formula is C21H25ClN2O2. The van der Waals surface area contributed by atoms with Crippen LogP contribution in [0, 0.1) is 0 Å². The summed E-state index contributed by atoms with van der Waals surface area (Å²) in [6.07, 6.45) is 0.412. The van der Waals surface area contributed by atoms with Crippen molar-refractivity contribution in [1.82, 2.24) is 9.55 Å². The molecule has 26 heavy (non-hydrogen) atoms. The first-order chi connectivity index (χ1) is 12.6. The molecule has 2 unspecified atom stereocenters. The van der Waals surface area contributed by atoms with E-state index in [-0.39, 0.29) is 6.61 Å². The highest BCUT2D eigenvalue weighted by Crippen LogP contribution is 2.24. The molecule has 0 aliphatic carbocycles. The Morgan fingerprint density at radius 1 is 1.15 bits per heavy atom. The summed E-state index contributed by atoms with van der Waals surface area (Å²) in [5, 5.41) is 11.2. The molecule has 4 nitrogen and oxygen atoms in total. The molecular weight excluding hydrogens is 348 g/mol. The largest absolute Gasteiger partial charge is 0.389 e. The van der Waals surface area contributed by atoms with Crippen LogP contribution < -0.4 is 0 Å². The van der Waals surface area contributed by atoms with Gasteiger partial charge in [-0.3, -0.25) is 0 Å². The molecule has 0 amide bonds. The molecule has 1 aromatic heterocycles. The van der Waals surface area contributed by atoms with Crippen molar-refractivity contribution >= 4 is 22.6 Å². The molecule has 0 radical (unpaired) electrons. The third kappa shape index (κ3) is 4.44. The van der Waals surface area contributed by atoms with Gasteiger partial charge in [0.05, 0.1) is 36.9 Å². The lowest BCUT2D eigenvalue weighted by molar-refractivity contribution is 0.0204. The van der Waals surface area contributed by atoms with E-state index in [1.54, 1.807) is 0 Å². The summed E-state index contributed by atoms with van der Waals surface area (Å²) in [6, 6.07) is 15.6. The quantitative estimate of drug-likeness (QED) is 0.619. The number of hydrogen-bond donors (Lipinski definition) is 1. The number of benzene rings is 2. The van der Waals surface area contributed by atoms with Crippen molar-refractivity contribution in [1.29, 1.82) is 0 Å². The lowest BCUT2D eigenvalue weighted by Gasteiger charge is -2.17. The summed E-state index contributed by atoms with van der Waals surface area (Å²) in [4.78, 5) is 4.77. The summed E-state index contributed by atoms with van der Waals surface area (Å²) in [7, 11) is 0. The summed E-state index contributed by atoms with van der Waals surface area (Å²) in [5.41, 5.74) is 3.06. The fraction of sp³-hybridized carbons (Fsp3) is 0.381. The highest BCUT2D eigenvalue weighted by atomic mass is 35.5. The summed E-state index contributed by atoms with van der Waals surface area (Å²) in [5.74, 6) is 1.36. The molecule has 1 N–H and O–H groups in total. The molecule has 0 saturated heterocycles. The fourth-order valence-electron chi connectivity index (χ4n) is 3.00. The van der Waals surface area contributed by atoms with Crippen LogP contribution >= 0.6 is 11.6 Å². The average molecular weight is 373 g/mol. The van der Waals surface area contributed by atoms with Crippen LogP contribution in [0.3, 0.4) is 0 Å². The predicted molar refractivity (Wildman–Crippen MR) is 106 cm³/mol. The van der Waals surface area contributed by atoms with Crippen molar-refractivity contribution < 1.29 is 9.84 Å². The lowest BCUT2D eigenvalue weighted by atomic mass is 10.1. The number of para-hydroxylation sites is 2. The Morgan fingerprint density at radius 3 is 2.62 bits per heavy atom. The van der Waals surface area contributed by atoms with E-state index in [0.29, 0.717) is 24.1 Å². The summed E-state index contributed by atoms with van der Waals surface area (Å²) < 4.78 is 7.81. The van der Waals surface area contributed by atoms with Gasteiger partial charge in [-0.15, -0.1) is 0 Å². The van der Waals surface area contributed by atoms with Crippen molar-refractivity contribution in [3.05, 3.63) is 64.9 Å². The van der Waals surface area contributed by atoms with Crippen molar-refractivity contribution in [3.63, 3.8) is 0 Å². The van der Waals surface area contributed by atoms with Gasteiger partial charge in [-0.25, -0.2) is 4.98 Å². The third-order valence-corrected chi connectivity index (χ3v) is 4.87. The van der Waals surface area contributed by atoms with Crippen LogP contribution in [-0.2, 0) is 17.9 Å². The molecule has 2 aromatic carbocycles. The number of imidazole rings is 1. The Balaban J connectivity index is 1.66. The van der Waals surface area contributed by atoms with Crippen LogP contribution in [0.2, 0.25) is 5.02 Å². The van der Waals surface area contributed by atoms with Gasteiger partial charge in [0.1, 0.15) is 5.82 Å². The molecule has 5 heteroatoms. The fourth-order valence-corrected chi connectivity index (χ4v) is 3.13. The zero-order valence-corrected chi connectivity index (χ0v) is 16.0. The molecule has 0 aliphatic heterocycles. The van der Waals surface area contributed by atoms with Gasteiger partial charge < -0.3 is 14.4 Å². The van der Waals surface area contributed by atoms with Crippen molar-refractivity contribution in [2.24, 2.45) is 0 Å². The Hall–Kier alpha value is -1.88. The number of aliphatic hydroxyl groups excluding tert-OH is 1. The smallest absolute Gasteiger partial charge is 0.112 e. The van der Waals surface area contributed by atoms with Crippen molar-refractivity contribution in [2.75, 3.05) is 6.61 Å². The van der Waals surface area contributed by atoms with E-state index in [9.17, 15) is 5.11 Å². The van der Waals surface area contributed by atoms with Crippen LogP contribution in [0.15, 0.2) is 48.5 Å². The van der Waals surface area contributed by atoms with Gasteiger partial charge in [0.25, 0.3) is 0 Å². The number of aromatic nitrogens is 2. The number of halogens is 1. The van der Waals surface area contributed by atoms with E-state index in [1.807, 2.05) is 42.5 Å². The molecule has 0 bridgehead atoms. The van der Waals surface area contributed by atoms with Gasteiger partial charge in [0.15, 0.2) is 0 Å². The maximum absolute atomic E-state index is 10.5. The van der Waals surface area contributed by atoms with E-state index < -0.39 is 6.10 Å². The van der Waals surface area contributed by atoms with Gasteiger partial charge in [-0.05, 0) is 36.2 Å². The summed E-state index contributed by atoms with van der Waals surface area (Å²) >= 11 is 5.89. The average Bonchev–Trinajstić information content (AvgIpc) is 3.01. The SMILES string of the molecule is CCC(C)c1nc2ccccc2n1CC(O)COCc1ccc(Cl)cc1. The number of rotatable bonds is 8. The highest BCUT2D eigenvalue weighted by Gasteiger charge is 2.17. The second kappa shape index (κ2) is 8.67. The van der Waals surface area contributed by atoms with E-state index in [1.165, 1.54) is 0 Å². The monoisotopic (exact) mass is 372 g/mol. The van der Waals surface area contributed by atoms with Crippen LogP contribution in [0.1, 0.15) is 37.6 Å². The topological polar surface area (TPSA) is 47.3 Å². The molecule has 0 saturated carbocycles. The number of ether oxygens (including phenoxy) is 1. The Kier molecular flexibility index (Phi) is 6.30. The molecule has 0 aliphatic rings. The number of hydrogen-bond acceptors (Lipinski definition) is 3. The zero-order valence-electron chi connectivity index (χ0n) is 15.2. The van der Waals surface area contributed by atoms with E-state index in [4.69, 9.17) is 21.3 Å². The number of nitrogens with zero attached hydrogens (tertiary/aromatic N) is 2. The standard InChI is InChI=1S/C21H25ClN2O2/c1-3-15(2)21-23-19-6-4-5-7-20(19)24(21)12-18(25)14-26-13-16-8-10-17(22)11-9-16/h4-11,15,18,25H,3,12-14H2,1-2H3. The number of fused-ring (bicyclic) bond motifs is 1. The normalized spacial score (nSPS) is 13.8. The first-order valence-corrected chi connectivity index (χ1v) is 9.41. The van der Waals surface area contributed by atoms with Gasteiger partial charge in [-0.1, -0.05) is 49.7 Å². The Bertz CT molecular complexity index is 845. The van der Waals surface area contributed by atoms with E-state index in [0.717, 1.165) is 28.8 Å². The Labute approximate surface area is 159 Å². The maximum Gasteiger partial charge on any atom is 0.112 e. The van der Waals surface area contributed by atoms with Crippen LogP contribution in [0.5, 0.6) is 0 Å². The first-order valence-electron chi connectivity index (χ1n) is 9.04. The molecule has 3 rings (SSSR count). The van der Waals surface area contributed by atoms with Gasteiger partial charge in [0.2, 0.25) is 0 Å². The summed E-state index contributed by atoms with van der Waals surface area (Å²) in [6.45, 7) is 5.52. The minimum atomic E-state index is -0.595. The minimum absolute atomic E-state index is 0.273. The maximum atomic E-state index is 10.5. The van der Waals surface area contributed by atoms with Crippen molar-refractivity contribution in [3.8, 4) is 0 Å². The molecule has 2 atom stereocenters. The number of aliphatic hydroxyl groups is 1. The molecule has 0 spiro atoms. The zero-order chi connectivity index (χ0) is 18.5. The predicted octanol–water partition coefficient (Wildman–Crippen LogP) is 4.78. The third-order valence-electron chi connectivity index (χ3n) is 4.62. The van der Waals surface area contributed by atoms with Gasteiger partial charge >= 0.3 is 0 Å². The molecule has 1 heterocycles. The molecule has 138 valence electrons. The highest BCUT2D eigenvalue weighted by molar-refractivity contribution is 6.30. The second-order valence-electron chi connectivity index (χ2n) is 6.67. The second-order valence-corrected chi connectivity index (χ2v) is 7.11. The van der Waals surface area contributed by atoms with Gasteiger partial charge in [-0.2, -0.15) is 0 Å².